The third kappa shape index (κ3) is 5.50. The molecule has 2 aromatic rings. The quantitative estimate of drug-likeness (QED) is 0.663. The lowest BCUT2D eigenvalue weighted by Gasteiger charge is -2.13. The van der Waals surface area contributed by atoms with Crippen molar-refractivity contribution in [1.29, 1.82) is 0 Å². The lowest BCUT2D eigenvalue weighted by atomic mass is 10.0. The van der Waals surface area contributed by atoms with Crippen LogP contribution in [-0.2, 0) is 6.54 Å². The van der Waals surface area contributed by atoms with Crippen LogP contribution in [0.25, 0.3) is 0 Å². The molecule has 4 nitrogen and oxygen atoms in total. The van der Waals surface area contributed by atoms with Crippen molar-refractivity contribution in [2.24, 2.45) is 5.73 Å². The molecule has 0 radical (unpaired) electrons. The Morgan fingerprint density at radius 3 is 2.43 bits per heavy atom. The van der Waals surface area contributed by atoms with Crippen LogP contribution in [0.15, 0.2) is 36.5 Å². The van der Waals surface area contributed by atoms with E-state index >= 15 is 0 Å². The first-order valence-electron chi connectivity index (χ1n) is 6.99. The Labute approximate surface area is 149 Å². The highest BCUT2D eigenvalue weighted by Crippen LogP contribution is 2.28. The lowest BCUT2D eigenvalue weighted by molar-refractivity contribution is 0.0732. The molecule has 2 rings (SSSR count). The van der Waals surface area contributed by atoms with Gasteiger partial charge in [0, 0.05) is 12.7 Å². The number of aromatic nitrogens is 1. The molecule has 0 aliphatic rings. The molecule has 2 N–H and O–H groups in total. The highest BCUT2D eigenvalue weighted by atomic mass is 35.5. The van der Waals surface area contributed by atoms with Crippen molar-refractivity contribution in [3.05, 3.63) is 58.9 Å². The zero-order valence-corrected chi connectivity index (χ0v) is 15.0. The van der Waals surface area contributed by atoms with E-state index < -0.39 is 5.97 Å². The molecule has 0 fully saturated rings. The number of nitrogens with zero attached hydrogens (tertiary/aromatic N) is 1. The molecule has 1 heterocycles. The molecule has 0 aliphatic carbocycles. The van der Waals surface area contributed by atoms with Crippen molar-refractivity contribution >= 4 is 30.8 Å². The Kier molecular flexibility index (Phi) is 8.83. The van der Waals surface area contributed by atoms with Gasteiger partial charge in [0.2, 0.25) is 0 Å². The molecule has 0 amide bonds. The predicted octanol–water partition coefficient (Wildman–Crippen LogP) is 4.03. The normalized spacial score (nSPS) is 9.78. The second kappa shape index (κ2) is 9.50. The van der Waals surface area contributed by atoms with E-state index in [1.54, 1.807) is 12.1 Å². The van der Waals surface area contributed by atoms with Crippen molar-refractivity contribution in [1.82, 2.24) is 4.98 Å². The number of pyridine rings is 1. The van der Waals surface area contributed by atoms with Crippen molar-refractivity contribution in [3.63, 3.8) is 0 Å². The summed E-state index contributed by atoms with van der Waals surface area (Å²) < 4.78 is 5.54. The van der Waals surface area contributed by atoms with Crippen LogP contribution in [0.5, 0.6) is 5.75 Å². The molecule has 0 unspecified atom stereocenters. The van der Waals surface area contributed by atoms with Gasteiger partial charge >= 0.3 is 5.97 Å². The summed E-state index contributed by atoms with van der Waals surface area (Å²) in [5.41, 5.74) is 8.72. The Morgan fingerprint density at radius 1 is 1.22 bits per heavy atom. The van der Waals surface area contributed by atoms with Gasteiger partial charge in [0.25, 0.3) is 0 Å². The molecular formula is C17H22Cl2N2O2. The van der Waals surface area contributed by atoms with Crippen LogP contribution in [0.3, 0.4) is 0 Å². The zero-order valence-electron chi connectivity index (χ0n) is 13.4. The summed E-state index contributed by atoms with van der Waals surface area (Å²) in [6.07, 6.45) is 1.50. The van der Waals surface area contributed by atoms with Crippen molar-refractivity contribution < 1.29 is 9.53 Å². The highest BCUT2D eigenvalue weighted by Gasteiger charge is 2.14. The van der Waals surface area contributed by atoms with E-state index in [-0.39, 0.29) is 30.7 Å². The number of benzene rings is 1. The van der Waals surface area contributed by atoms with Gasteiger partial charge in [-0.15, -0.1) is 24.8 Å². The van der Waals surface area contributed by atoms with Gasteiger partial charge in [-0.05, 0) is 42.2 Å². The second-order valence-corrected chi connectivity index (χ2v) is 5.33. The predicted molar refractivity (Wildman–Crippen MR) is 96.9 cm³/mol. The number of aryl methyl sites for hydroxylation is 1. The van der Waals surface area contributed by atoms with E-state index in [9.17, 15) is 4.79 Å². The summed E-state index contributed by atoms with van der Waals surface area (Å²) in [7, 11) is 0. The molecule has 0 saturated heterocycles. The second-order valence-electron chi connectivity index (χ2n) is 5.33. The molecule has 6 heteroatoms. The molecular weight excluding hydrogens is 335 g/mol. The minimum absolute atomic E-state index is 0. The van der Waals surface area contributed by atoms with Gasteiger partial charge in [-0.1, -0.05) is 26.0 Å². The van der Waals surface area contributed by atoms with E-state index in [0.29, 0.717) is 17.9 Å². The van der Waals surface area contributed by atoms with E-state index in [0.717, 1.165) is 16.8 Å². The summed E-state index contributed by atoms with van der Waals surface area (Å²) in [6.45, 7) is 6.46. The maximum Gasteiger partial charge on any atom is 0.345 e. The van der Waals surface area contributed by atoms with Crippen molar-refractivity contribution in [3.8, 4) is 5.75 Å². The van der Waals surface area contributed by atoms with Gasteiger partial charge in [0.15, 0.2) is 0 Å². The maximum absolute atomic E-state index is 12.2. The van der Waals surface area contributed by atoms with Crippen LogP contribution in [0, 0.1) is 6.92 Å². The first-order chi connectivity index (χ1) is 10.0. The number of carbonyl (C=O) groups excluding carboxylic acids is 1. The Balaban J connectivity index is 0.00000242. The smallest absolute Gasteiger partial charge is 0.345 e. The Hall–Kier alpha value is -1.62. The van der Waals surface area contributed by atoms with E-state index in [1.165, 1.54) is 6.20 Å². The molecule has 126 valence electrons. The van der Waals surface area contributed by atoms with Crippen LogP contribution in [0.4, 0.5) is 0 Å². The number of nitrogens with two attached hydrogens (primary N) is 1. The number of ether oxygens (including phenoxy) is 1. The van der Waals surface area contributed by atoms with Crippen LogP contribution in [0.2, 0.25) is 0 Å². The topological polar surface area (TPSA) is 65.2 Å². The fraction of sp³-hybridized carbons (Fsp3) is 0.294. The number of halogens is 2. The Morgan fingerprint density at radius 2 is 1.91 bits per heavy atom. The molecule has 0 aliphatic heterocycles. The van der Waals surface area contributed by atoms with Gasteiger partial charge in [0.05, 0.1) is 11.3 Å². The zero-order chi connectivity index (χ0) is 15.4. The van der Waals surface area contributed by atoms with Gasteiger partial charge in [0.1, 0.15) is 5.75 Å². The van der Waals surface area contributed by atoms with Crippen LogP contribution in [0.1, 0.15) is 46.9 Å². The maximum atomic E-state index is 12.2. The van der Waals surface area contributed by atoms with Gasteiger partial charge in [-0.2, -0.15) is 0 Å². The molecule has 23 heavy (non-hydrogen) atoms. The van der Waals surface area contributed by atoms with Crippen LogP contribution < -0.4 is 10.5 Å². The number of hydrogen-bond donors (Lipinski definition) is 1. The van der Waals surface area contributed by atoms with Gasteiger partial charge in [-0.3, -0.25) is 4.98 Å². The molecule has 0 spiro atoms. The fourth-order valence-corrected chi connectivity index (χ4v) is 2.03. The van der Waals surface area contributed by atoms with Crippen molar-refractivity contribution in [2.75, 3.05) is 0 Å². The number of esters is 1. The van der Waals surface area contributed by atoms with Gasteiger partial charge < -0.3 is 10.5 Å². The number of rotatable bonds is 4. The summed E-state index contributed by atoms with van der Waals surface area (Å²) >= 11 is 0. The monoisotopic (exact) mass is 356 g/mol. The first-order valence-corrected chi connectivity index (χ1v) is 6.99. The molecule has 0 atom stereocenters. The van der Waals surface area contributed by atoms with E-state index in [1.807, 2.05) is 25.1 Å². The van der Waals surface area contributed by atoms with Crippen molar-refractivity contribution in [2.45, 2.75) is 33.2 Å². The van der Waals surface area contributed by atoms with Crippen LogP contribution in [-0.4, -0.2) is 11.0 Å². The summed E-state index contributed by atoms with van der Waals surface area (Å²) in [4.78, 5) is 16.3. The molecule has 0 bridgehead atoms. The third-order valence-electron chi connectivity index (χ3n) is 3.26. The average molecular weight is 357 g/mol. The molecule has 1 aromatic heterocycles. The largest absolute Gasteiger partial charge is 0.423 e. The standard InChI is InChI=1S/C17H20N2O2.2ClH/c1-11(2)15-7-4-12(3)8-16(15)21-17(20)13-5-6-14(9-18)19-10-13;;/h4-8,10-11H,9,18H2,1-3H3;2*1H. The SMILES string of the molecule is Cc1ccc(C(C)C)c(OC(=O)c2ccc(CN)nc2)c1.Cl.Cl. The van der Waals surface area contributed by atoms with Crippen LogP contribution >= 0.6 is 24.8 Å². The fourth-order valence-electron chi connectivity index (χ4n) is 2.03. The highest BCUT2D eigenvalue weighted by molar-refractivity contribution is 5.90. The number of hydrogen-bond acceptors (Lipinski definition) is 4. The van der Waals surface area contributed by atoms with E-state index in [2.05, 4.69) is 18.8 Å². The molecule has 1 aromatic carbocycles. The average Bonchev–Trinajstić information content (AvgIpc) is 2.47. The van der Waals surface area contributed by atoms with Gasteiger partial charge in [-0.25, -0.2) is 4.79 Å². The van der Waals surface area contributed by atoms with E-state index in [4.69, 9.17) is 10.5 Å². The lowest BCUT2D eigenvalue weighted by Crippen LogP contribution is -2.11. The summed E-state index contributed by atoms with van der Waals surface area (Å²) in [6, 6.07) is 9.32. The third-order valence-corrected chi connectivity index (χ3v) is 3.26. The molecule has 0 saturated carbocycles. The minimum atomic E-state index is -0.404. The summed E-state index contributed by atoms with van der Waals surface area (Å²) in [5.74, 6) is 0.489. The first kappa shape index (κ1) is 21.4. The minimum Gasteiger partial charge on any atom is -0.423 e. The number of carbonyl (C=O) groups is 1. The Bertz CT molecular complexity index is 644. The summed E-state index contributed by atoms with van der Waals surface area (Å²) in [5, 5.41) is 0.